The van der Waals surface area contributed by atoms with Crippen LogP contribution in [0.25, 0.3) is 0 Å². The molecule has 1 aromatic carbocycles. The fourth-order valence-corrected chi connectivity index (χ4v) is 2.43. The number of nitrogens with one attached hydrogen (secondary N) is 1. The van der Waals surface area contributed by atoms with Crippen molar-refractivity contribution in [1.29, 1.82) is 5.26 Å². The zero-order valence-electron chi connectivity index (χ0n) is 12.3. The topological polar surface area (TPSA) is 105 Å². The smallest absolute Gasteiger partial charge is 0.382 e. The summed E-state index contributed by atoms with van der Waals surface area (Å²) in [6.45, 7) is 0. The summed E-state index contributed by atoms with van der Waals surface area (Å²) in [6.07, 6.45) is -3.33. The van der Waals surface area contributed by atoms with Crippen molar-refractivity contribution in [2.75, 3.05) is 16.8 Å². The lowest BCUT2D eigenvalue weighted by molar-refractivity contribution is -0.137. The maximum Gasteiger partial charge on any atom is 0.416 e. The Bertz CT molecular complexity index is 853. The lowest BCUT2D eigenvalue weighted by Crippen LogP contribution is -2.15. The first-order valence-corrected chi connectivity index (χ1v) is 7.89. The van der Waals surface area contributed by atoms with Crippen LogP contribution in [0.1, 0.15) is 11.1 Å². The second-order valence-electron chi connectivity index (χ2n) is 4.59. The molecule has 1 amide bonds. The summed E-state index contributed by atoms with van der Waals surface area (Å²) in [6, 6.07) is 4.42. The fourth-order valence-electron chi connectivity index (χ4n) is 1.65. The molecular formula is C14H9ClF3N5OS. The summed E-state index contributed by atoms with van der Waals surface area (Å²) in [5, 5.41) is 11.2. The average Bonchev–Trinajstić information content (AvgIpc) is 2.54. The number of halogens is 4. The van der Waals surface area contributed by atoms with Crippen molar-refractivity contribution in [3.8, 4) is 6.07 Å². The van der Waals surface area contributed by atoms with Crippen molar-refractivity contribution in [3.05, 3.63) is 40.5 Å². The molecule has 6 nitrogen and oxygen atoms in total. The first-order valence-electron chi connectivity index (χ1n) is 6.52. The van der Waals surface area contributed by atoms with Gasteiger partial charge in [-0.2, -0.15) is 18.4 Å². The predicted octanol–water partition coefficient (Wildman–Crippen LogP) is 3.33. The van der Waals surface area contributed by atoms with Gasteiger partial charge in [-0.3, -0.25) is 4.79 Å². The van der Waals surface area contributed by atoms with Gasteiger partial charge in [0.25, 0.3) is 0 Å². The van der Waals surface area contributed by atoms with E-state index in [0.717, 1.165) is 30.0 Å². The molecule has 25 heavy (non-hydrogen) atoms. The normalized spacial score (nSPS) is 11.0. The van der Waals surface area contributed by atoms with Crippen LogP contribution in [-0.2, 0) is 11.0 Å². The van der Waals surface area contributed by atoms with Gasteiger partial charge in [-0.05, 0) is 18.2 Å². The Morgan fingerprint density at radius 1 is 1.44 bits per heavy atom. The second-order valence-corrected chi connectivity index (χ2v) is 5.94. The molecule has 11 heteroatoms. The molecule has 0 unspecified atom stereocenters. The minimum atomic E-state index is -4.55. The lowest BCUT2D eigenvalue weighted by Gasteiger charge is -2.11. The molecule has 0 aliphatic rings. The van der Waals surface area contributed by atoms with E-state index in [1.54, 1.807) is 6.07 Å². The van der Waals surface area contributed by atoms with Crippen LogP contribution in [0.5, 0.6) is 0 Å². The summed E-state index contributed by atoms with van der Waals surface area (Å²) < 4.78 is 38.1. The van der Waals surface area contributed by atoms with Crippen LogP contribution in [0, 0.1) is 11.3 Å². The first kappa shape index (κ1) is 18.8. The summed E-state index contributed by atoms with van der Waals surface area (Å²) in [4.78, 5) is 19.6. The molecule has 1 aromatic heterocycles. The van der Waals surface area contributed by atoms with Crippen molar-refractivity contribution >= 4 is 40.8 Å². The molecular weight excluding hydrogens is 379 g/mol. The van der Waals surface area contributed by atoms with Gasteiger partial charge in [0.05, 0.1) is 28.2 Å². The van der Waals surface area contributed by atoms with E-state index in [4.69, 9.17) is 22.6 Å². The second kappa shape index (κ2) is 7.58. The monoisotopic (exact) mass is 387 g/mol. The van der Waals surface area contributed by atoms with Gasteiger partial charge in [-0.25, -0.2) is 9.97 Å². The van der Waals surface area contributed by atoms with Crippen molar-refractivity contribution in [1.82, 2.24) is 9.97 Å². The summed E-state index contributed by atoms with van der Waals surface area (Å²) in [5.74, 6) is -0.808. The zero-order chi connectivity index (χ0) is 18.6. The van der Waals surface area contributed by atoms with Crippen molar-refractivity contribution in [3.63, 3.8) is 0 Å². The Morgan fingerprint density at radius 3 is 2.76 bits per heavy atom. The van der Waals surface area contributed by atoms with E-state index in [1.165, 1.54) is 6.20 Å². The quantitative estimate of drug-likeness (QED) is 0.616. The third-order valence-corrected chi connectivity index (χ3v) is 4.01. The van der Waals surface area contributed by atoms with E-state index in [0.29, 0.717) is 0 Å². The molecule has 0 radical (unpaired) electrons. The number of alkyl halides is 3. The van der Waals surface area contributed by atoms with Gasteiger partial charge in [0.15, 0.2) is 5.16 Å². The molecule has 0 saturated carbocycles. The van der Waals surface area contributed by atoms with E-state index in [9.17, 15) is 18.0 Å². The molecule has 0 fully saturated rings. The fraction of sp³-hybridized carbons (Fsp3) is 0.143. The van der Waals surface area contributed by atoms with E-state index >= 15 is 0 Å². The Labute approximate surface area is 149 Å². The Hall–Kier alpha value is -2.51. The highest BCUT2D eigenvalue weighted by Gasteiger charge is 2.31. The number of nitrogens with two attached hydrogens (primary N) is 1. The molecule has 0 bridgehead atoms. The molecule has 0 aliphatic carbocycles. The molecule has 3 N–H and O–H groups in total. The number of thioether (sulfide) groups is 1. The number of rotatable bonds is 4. The molecule has 2 rings (SSSR count). The lowest BCUT2D eigenvalue weighted by atomic mass is 10.2. The van der Waals surface area contributed by atoms with Crippen LogP contribution in [0.15, 0.2) is 29.6 Å². The summed E-state index contributed by atoms with van der Waals surface area (Å²) in [5.41, 5.74) is 4.55. The van der Waals surface area contributed by atoms with Gasteiger partial charge >= 0.3 is 6.18 Å². The SMILES string of the molecule is N#Cc1cnc(SCC(=O)Nc2cc(C(F)(F)F)ccc2Cl)nc1N. The van der Waals surface area contributed by atoms with Gasteiger partial charge in [0.2, 0.25) is 5.91 Å². The minimum absolute atomic E-state index is 0.0229. The molecule has 2 aromatic rings. The van der Waals surface area contributed by atoms with Gasteiger partial charge in [0, 0.05) is 0 Å². The number of nitrogen functional groups attached to an aromatic ring is 1. The van der Waals surface area contributed by atoms with Crippen LogP contribution in [-0.4, -0.2) is 21.6 Å². The number of anilines is 2. The number of nitriles is 1. The number of aromatic nitrogens is 2. The number of hydrogen-bond donors (Lipinski definition) is 2. The highest BCUT2D eigenvalue weighted by Crippen LogP contribution is 2.33. The van der Waals surface area contributed by atoms with Gasteiger partial charge < -0.3 is 11.1 Å². The van der Waals surface area contributed by atoms with Gasteiger partial charge in [0.1, 0.15) is 17.5 Å². The third kappa shape index (κ3) is 4.98. The van der Waals surface area contributed by atoms with Gasteiger partial charge in [-0.1, -0.05) is 23.4 Å². The van der Waals surface area contributed by atoms with E-state index in [-0.39, 0.29) is 33.0 Å². The number of hydrogen-bond acceptors (Lipinski definition) is 6. The maximum absolute atomic E-state index is 12.7. The number of benzene rings is 1. The maximum atomic E-state index is 12.7. The Morgan fingerprint density at radius 2 is 2.16 bits per heavy atom. The van der Waals surface area contributed by atoms with Gasteiger partial charge in [-0.15, -0.1) is 0 Å². The molecule has 0 aliphatic heterocycles. The average molecular weight is 388 g/mol. The van der Waals surface area contributed by atoms with Crippen LogP contribution < -0.4 is 11.1 Å². The van der Waals surface area contributed by atoms with Crippen molar-refractivity contribution in [2.24, 2.45) is 0 Å². The highest BCUT2D eigenvalue weighted by atomic mass is 35.5. The van der Waals surface area contributed by atoms with E-state index in [2.05, 4.69) is 15.3 Å². The molecule has 0 saturated heterocycles. The Kier molecular flexibility index (Phi) is 5.71. The third-order valence-electron chi connectivity index (χ3n) is 2.82. The highest BCUT2D eigenvalue weighted by molar-refractivity contribution is 7.99. The standard InChI is InChI=1S/C14H9ClF3N5OS/c15-9-2-1-8(14(16,17)18)3-10(9)22-11(24)6-25-13-21-5-7(4-19)12(20)23-13/h1-3,5H,6H2,(H,22,24)(H2,20,21,23). The van der Waals surface area contributed by atoms with Crippen molar-refractivity contribution in [2.45, 2.75) is 11.3 Å². The molecule has 130 valence electrons. The molecule has 1 heterocycles. The minimum Gasteiger partial charge on any atom is -0.382 e. The molecule has 0 atom stereocenters. The van der Waals surface area contributed by atoms with Crippen LogP contribution in [0.3, 0.4) is 0 Å². The zero-order valence-corrected chi connectivity index (χ0v) is 13.8. The number of carbonyl (C=O) groups is 1. The largest absolute Gasteiger partial charge is 0.416 e. The number of amides is 1. The summed E-state index contributed by atoms with van der Waals surface area (Å²) >= 11 is 6.71. The summed E-state index contributed by atoms with van der Waals surface area (Å²) in [7, 11) is 0. The van der Waals surface area contributed by atoms with E-state index in [1.807, 2.05) is 0 Å². The van der Waals surface area contributed by atoms with Crippen molar-refractivity contribution < 1.29 is 18.0 Å². The van der Waals surface area contributed by atoms with Crippen LogP contribution in [0.2, 0.25) is 5.02 Å². The number of carbonyl (C=O) groups excluding carboxylic acids is 1. The van der Waals surface area contributed by atoms with Crippen LogP contribution >= 0.6 is 23.4 Å². The van der Waals surface area contributed by atoms with E-state index < -0.39 is 17.6 Å². The number of nitrogens with zero attached hydrogens (tertiary/aromatic N) is 3. The van der Waals surface area contributed by atoms with Crippen LogP contribution in [0.4, 0.5) is 24.7 Å². The predicted molar refractivity (Wildman–Crippen MR) is 87.0 cm³/mol. The Balaban J connectivity index is 2.03. The molecule has 0 spiro atoms. The first-order chi connectivity index (χ1) is 11.7.